The minimum Gasteiger partial charge on any atom is -0.378 e. The first-order chi connectivity index (χ1) is 6.72. The van der Waals surface area contributed by atoms with E-state index in [1.807, 2.05) is 6.92 Å². The lowest BCUT2D eigenvalue weighted by atomic mass is 10.3. The van der Waals surface area contributed by atoms with Gasteiger partial charge in [-0.1, -0.05) is 0 Å². The number of imidazole rings is 1. The molecule has 0 aromatic carbocycles. The van der Waals surface area contributed by atoms with Gasteiger partial charge in [-0.25, -0.2) is 9.37 Å². The van der Waals surface area contributed by atoms with Gasteiger partial charge in [0, 0.05) is 13.3 Å². The highest BCUT2D eigenvalue weighted by Gasteiger charge is 2.08. The predicted octanol–water partition coefficient (Wildman–Crippen LogP) is 1.93. The Hall–Kier alpha value is -1.42. The number of hydrogen-bond acceptors (Lipinski definition) is 2. The SMILES string of the molecule is COCc1c(C)nc2ccc(F)cn12. The number of aromatic nitrogens is 2. The average Bonchev–Trinajstić information content (AvgIpc) is 2.45. The molecule has 14 heavy (non-hydrogen) atoms. The summed E-state index contributed by atoms with van der Waals surface area (Å²) >= 11 is 0. The number of nitrogens with zero attached hydrogens (tertiary/aromatic N) is 2. The van der Waals surface area contributed by atoms with Crippen LogP contribution in [0.1, 0.15) is 11.4 Å². The summed E-state index contributed by atoms with van der Waals surface area (Å²) in [4.78, 5) is 4.29. The van der Waals surface area contributed by atoms with Crippen LogP contribution in [0.25, 0.3) is 5.65 Å². The summed E-state index contributed by atoms with van der Waals surface area (Å²) in [6.45, 7) is 2.33. The van der Waals surface area contributed by atoms with Gasteiger partial charge in [0.05, 0.1) is 18.0 Å². The lowest BCUT2D eigenvalue weighted by molar-refractivity contribution is 0.180. The molecular formula is C10H11FN2O. The lowest BCUT2D eigenvalue weighted by Crippen LogP contribution is -1.96. The van der Waals surface area contributed by atoms with Crippen LogP contribution in [0, 0.1) is 12.7 Å². The van der Waals surface area contributed by atoms with Crippen LogP contribution in [0.2, 0.25) is 0 Å². The minimum absolute atomic E-state index is 0.271. The van der Waals surface area contributed by atoms with Crippen LogP contribution in [0.4, 0.5) is 4.39 Å². The quantitative estimate of drug-likeness (QED) is 0.730. The van der Waals surface area contributed by atoms with Gasteiger partial charge >= 0.3 is 0 Å². The molecule has 2 heterocycles. The molecule has 2 aromatic heterocycles. The predicted molar refractivity (Wildman–Crippen MR) is 50.6 cm³/mol. The zero-order chi connectivity index (χ0) is 10.1. The Labute approximate surface area is 81.1 Å². The maximum absolute atomic E-state index is 13.0. The highest BCUT2D eigenvalue weighted by Crippen LogP contribution is 2.13. The molecule has 0 aliphatic rings. The van der Waals surface area contributed by atoms with E-state index in [2.05, 4.69) is 4.98 Å². The van der Waals surface area contributed by atoms with Crippen molar-refractivity contribution in [3.05, 3.63) is 35.5 Å². The van der Waals surface area contributed by atoms with Crippen molar-refractivity contribution < 1.29 is 9.13 Å². The van der Waals surface area contributed by atoms with Crippen molar-refractivity contribution in [3.8, 4) is 0 Å². The van der Waals surface area contributed by atoms with Crippen LogP contribution in [0.5, 0.6) is 0 Å². The first-order valence-electron chi connectivity index (χ1n) is 4.34. The zero-order valence-electron chi connectivity index (χ0n) is 8.12. The molecule has 0 unspecified atom stereocenters. The molecular weight excluding hydrogens is 183 g/mol. The highest BCUT2D eigenvalue weighted by atomic mass is 19.1. The van der Waals surface area contributed by atoms with E-state index in [1.165, 1.54) is 12.3 Å². The normalized spacial score (nSPS) is 11.1. The Morgan fingerprint density at radius 3 is 3.00 bits per heavy atom. The molecule has 0 radical (unpaired) electrons. The molecule has 0 fully saturated rings. The summed E-state index contributed by atoms with van der Waals surface area (Å²) in [7, 11) is 1.61. The fourth-order valence-corrected chi connectivity index (χ4v) is 1.50. The zero-order valence-corrected chi connectivity index (χ0v) is 8.12. The van der Waals surface area contributed by atoms with Crippen molar-refractivity contribution in [3.63, 3.8) is 0 Å². The largest absolute Gasteiger partial charge is 0.378 e. The molecule has 0 amide bonds. The van der Waals surface area contributed by atoms with Crippen molar-refractivity contribution in [1.82, 2.24) is 9.38 Å². The van der Waals surface area contributed by atoms with Gasteiger partial charge in [-0.2, -0.15) is 0 Å². The number of pyridine rings is 1. The summed E-state index contributed by atoms with van der Waals surface area (Å²) < 4.78 is 19.7. The summed E-state index contributed by atoms with van der Waals surface area (Å²) in [6.07, 6.45) is 1.42. The number of rotatable bonds is 2. The number of halogens is 1. The third-order valence-electron chi connectivity index (χ3n) is 2.16. The molecule has 74 valence electrons. The summed E-state index contributed by atoms with van der Waals surface area (Å²) in [5.74, 6) is -0.271. The van der Waals surface area contributed by atoms with E-state index in [0.29, 0.717) is 6.61 Å². The van der Waals surface area contributed by atoms with Gasteiger partial charge < -0.3 is 4.74 Å². The first-order valence-corrected chi connectivity index (χ1v) is 4.34. The van der Waals surface area contributed by atoms with Crippen LogP contribution in [-0.2, 0) is 11.3 Å². The van der Waals surface area contributed by atoms with E-state index in [9.17, 15) is 4.39 Å². The molecule has 3 nitrogen and oxygen atoms in total. The fraction of sp³-hybridized carbons (Fsp3) is 0.300. The van der Waals surface area contributed by atoms with Gasteiger partial charge in [-0.3, -0.25) is 4.40 Å². The Bertz CT molecular complexity index is 464. The van der Waals surface area contributed by atoms with Crippen LogP contribution in [-0.4, -0.2) is 16.5 Å². The Kier molecular flexibility index (Phi) is 2.21. The third-order valence-corrected chi connectivity index (χ3v) is 2.16. The van der Waals surface area contributed by atoms with Gasteiger partial charge in [0.15, 0.2) is 0 Å². The maximum atomic E-state index is 13.0. The molecule has 0 aliphatic carbocycles. The van der Waals surface area contributed by atoms with Crippen molar-refractivity contribution >= 4 is 5.65 Å². The van der Waals surface area contributed by atoms with Crippen LogP contribution < -0.4 is 0 Å². The lowest BCUT2D eigenvalue weighted by Gasteiger charge is -2.00. The molecule has 0 bridgehead atoms. The smallest absolute Gasteiger partial charge is 0.139 e. The first kappa shape index (κ1) is 9.15. The molecule has 0 saturated heterocycles. The summed E-state index contributed by atoms with van der Waals surface area (Å²) in [5.41, 5.74) is 2.51. The van der Waals surface area contributed by atoms with Crippen molar-refractivity contribution in [2.24, 2.45) is 0 Å². The monoisotopic (exact) mass is 194 g/mol. The Morgan fingerprint density at radius 2 is 2.29 bits per heavy atom. The average molecular weight is 194 g/mol. The number of aryl methyl sites for hydroxylation is 1. The van der Waals surface area contributed by atoms with E-state index in [0.717, 1.165) is 17.0 Å². The number of hydrogen-bond donors (Lipinski definition) is 0. The van der Waals surface area contributed by atoms with Gasteiger partial charge in [0.2, 0.25) is 0 Å². The molecule has 0 aliphatic heterocycles. The number of fused-ring (bicyclic) bond motifs is 1. The van der Waals surface area contributed by atoms with Gasteiger partial charge in [0.1, 0.15) is 11.5 Å². The molecule has 0 N–H and O–H groups in total. The van der Waals surface area contributed by atoms with Gasteiger partial charge in [0.25, 0.3) is 0 Å². The Balaban J connectivity index is 2.66. The third kappa shape index (κ3) is 1.37. The minimum atomic E-state index is -0.271. The second-order valence-corrected chi connectivity index (χ2v) is 3.15. The van der Waals surface area contributed by atoms with E-state index in [1.54, 1.807) is 17.6 Å². The van der Waals surface area contributed by atoms with Crippen molar-refractivity contribution in [2.75, 3.05) is 7.11 Å². The summed E-state index contributed by atoms with van der Waals surface area (Å²) in [5, 5.41) is 0. The fourth-order valence-electron chi connectivity index (χ4n) is 1.50. The van der Waals surface area contributed by atoms with Gasteiger partial charge in [-0.15, -0.1) is 0 Å². The van der Waals surface area contributed by atoms with E-state index < -0.39 is 0 Å². The second-order valence-electron chi connectivity index (χ2n) is 3.15. The maximum Gasteiger partial charge on any atom is 0.139 e. The van der Waals surface area contributed by atoms with Crippen LogP contribution in [0.15, 0.2) is 18.3 Å². The van der Waals surface area contributed by atoms with Crippen molar-refractivity contribution in [1.29, 1.82) is 0 Å². The second kappa shape index (κ2) is 3.38. The van der Waals surface area contributed by atoms with E-state index in [4.69, 9.17) is 4.74 Å². The Morgan fingerprint density at radius 1 is 1.50 bits per heavy atom. The highest BCUT2D eigenvalue weighted by molar-refractivity contribution is 5.42. The van der Waals surface area contributed by atoms with E-state index in [-0.39, 0.29) is 5.82 Å². The summed E-state index contributed by atoms with van der Waals surface area (Å²) in [6, 6.07) is 3.06. The standard InChI is InChI=1S/C10H11FN2O/c1-7-9(6-14-2)13-5-8(11)3-4-10(13)12-7/h3-5H,6H2,1-2H3. The van der Waals surface area contributed by atoms with Crippen molar-refractivity contribution in [2.45, 2.75) is 13.5 Å². The molecule has 0 spiro atoms. The van der Waals surface area contributed by atoms with Crippen LogP contribution >= 0.6 is 0 Å². The van der Waals surface area contributed by atoms with Gasteiger partial charge in [-0.05, 0) is 19.1 Å². The topological polar surface area (TPSA) is 26.5 Å². The molecule has 4 heteroatoms. The molecule has 0 saturated carbocycles. The number of methoxy groups -OCH3 is 1. The van der Waals surface area contributed by atoms with E-state index >= 15 is 0 Å². The molecule has 2 rings (SSSR count). The number of ether oxygens (including phenoxy) is 1. The molecule has 0 atom stereocenters. The van der Waals surface area contributed by atoms with Crippen LogP contribution in [0.3, 0.4) is 0 Å². The molecule has 2 aromatic rings.